The van der Waals surface area contributed by atoms with Crippen LogP contribution < -0.4 is 4.90 Å². The van der Waals surface area contributed by atoms with E-state index >= 15 is 0 Å². The molecule has 0 atom stereocenters. The molecule has 0 radical (unpaired) electrons. The zero-order valence-electron chi connectivity index (χ0n) is 13.6. The minimum absolute atomic E-state index is 0.797. The summed E-state index contributed by atoms with van der Waals surface area (Å²) in [5.41, 5.74) is 2.13. The number of aryl methyl sites for hydroxylation is 1. The Labute approximate surface area is 145 Å². The van der Waals surface area contributed by atoms with Crippen LogP contribution in [-0.4, -0.2) is 50.8 Å². The first-order chi connectivity index (χ1) is 11.7. The summed E-state index contributed by atoms with van der Waals surface area (Å²) >= 11 is 6.07. The van der Waals surface area contributed by atoms with Gasteiger partial charge < -0.3 is 4.90 Å². The molecule has 3 aromatic rings. The molecule has 1 aliphatic heterocycles. The molecule has 2 aromatic heterocycles. The normalized spacial score (nSPS) is 16.0. The van der Waals surface area contributed by atoms with Gasteiger partial charge in [-0.3, -0.25) is 9.58 Å². The summed E-state index contributed by atoms with van der Waals surface area (Å²) in [5, 5.41) is 6.11. The number of rotatable bonds is 3. The number of piperazine rings is 1. The van der Waals surface area contributed by atoms with Crippen LogP contribution in [0.3, 0.4) is 0 Å². The van der Waals surface area contributed by atoms with Crippen molar-refractivity contribution < 1.29 is 0 Å². The highest BCUT2D eigenvalue weighted by atomic mass is 35.5. The van der Waals surface area contributed by atoms with Gasteiger partial charge in [-0.15, -0.1) is 0 Å². The first-order valence-electron chi connectivity index (χ1n) is 8.05. The van der Waals surface area contributed by atoms with Crippen LogP contribution in [0.25, 0.3) is 11.0 Å². The van der Waals surface area contributed by atoms with Gasteiger partial charge in [0.05, 0.1) is 11.6 Å². The van der Waals surface area contributed by atoms with Crippen molar-refractivity contribution in [2.75, 3.05) is 31.1 Å². The third-order valence-corrected chi connectivity index (χ3v) is 4.71. The van der Waals surface area contributed by atoms with Gasteiger partial charge >= 0.3 is 0 Å². The third-order valence-electron chi connectivity index (χ3n) is 4.48. The Bertz CT molecular complexity index is 853. The molecule has 1 saturated heterocycles. The second kappa shape index (κ2) is 6.37. The molecule has 24 heavy (non-hydrogen) atoms. The molecule has 3 heterocycles. The Kier molecular flexibility index (Phi) is 4.08. The average molecular weight is 343 g/mol. The Hall–Kier alpha value is -2.18. The molecule has 0 unspecified atom stereocenters. The summed E-state index contributed by atoms with van der Waals surface area (Å²) in [6.07, 6.45) is 3.47. The summed E-state index contributed by atoms with van der Waals surface area (Å²) < 4.78 is 1.79. The van der Waals surface area contributed by atoms with Crippen LogP contribution in [0.4, 0.5) is 5.82 Å². The lowest BCUT2D eigenvalue weighted by atomic mass is 10.2. The van der Waals surface area contributed by atoms with Crippen molar-refractivity contribution in [2.24, 2.45) is 7.05 Å². The lowest BCUT2D eigenvalue weighted by Crippen LogP contribution is -2.46. The van der Waals surface area contributed by atoms with Gasteiger partial charge in [0.25, 0.3) is 0 Å². The summed E-state index contributed by atoms with van der Waals surface area (Å²) in [6, 6.07) is 8.09. The van der Waals surface area contributed by atoms with Crippen LogP contribution in [0.2, 0.25) is 5.02 Å². The van der Waals surface area contributed by atoms with Crippen LogP contribution in [0, 0.1) is 0 Å². The van der Waals surface area contributed by atoms with Crippen LogP contribution >= 0.6 is 11.6 Å². The van der Waals surface area contributed by atoms with Crippen molar-refractivity contribution in [2.45, 2.75) is 6.54 Å². The molecule has 0 spiro atoms. The van der Waals surface area contributed by atoms with Crippen molar-refractivity contribution in [3.8, 4) is 0 Å². The summed E-state index contributed by atoms with van der Waals surface area (Å²) in [7, 11) is 1.90. The lowest BCUT2D eigenvalue weighted by molar-refractivity contribution is 0.249. The number of nitrogens with zero attached hydrogens (tertiary/aromatic N) is 6. The van der Waals surface area contributed by atoms with Crippen molar-refractivity contribution in [1.82, 2.24) is 24.6 Å². The van der Waals surface area contributed by atoms with Gasteiger partial charge in [0.15, 0.2) is 5.65 Å². The Morgan fingerprint density at radius 3 is 2.75 bits per heavy atom. The highest BCUT2D eigenvalue weighted by Gasteiger charge is 2.21. The topological polar surface area (TPSA) is 50.1 Å². The Morgan fingerprint density at radius 1 is 1.12 bits per heavy atom. The number of hydrogen-bond acceptors (Lipinski definition) is 5. The predicted octanol–water partition coefficient (Wildman–Crippen LogP) is 2.34. The van der Waals surface area contributed by atoms with Crippen molar-refractivity contribution in [1.29, 1.82) is 0 Å². The fourth-order valence-corrected chi connectivity index (χ4v) is 3.43. The van der Waals surface area contributed by atoms with Crippen LogP contribution in [0.1, 0.15) is 5.56 Å². The molecule has 0 bridgehead atoms. The molecule has 6 nitrogen and oxygen atoms in total. The highest BCUT2D eigenvalue weighted by molar-refractivity contribution is 6.30. The predicted molar refractivity (Wildman–Crippen MR) is 95.2 cm³/mol. The summed E-state index contributed by atoms with van der Waals surface area (Å²) in [4.78, 5) is 13.6. The van der Waals surface area contributed by atoms with E-state index in [0.717, 1.165) is 54.6 Å². The molecule has 0 N–H and O–H groups in total. The molecule has 0 saturated carbocycles. The molecule has 1 aromatic carbocycles. The van der Waals surface area contributed by atoms with E-state index in [9.17, 15) is 0 Å². The number of halogens is 1. The average Bonchev–Trinajstić information content (AvgIpc) is 2.97. The molecule has 1 aliphatic rings. The Balaban J connectivity index is 1.46. The standard InChI is InChI=1S/C17H19ClN6/c1-22-16-15(10-21-22)17(20-12-19-16)24-7-5-23(6-8-24)11-13-3-2-4-14(18)9-13/h2-4,9-10,12H,5-8,11H2,1H3. The second-order valence-corrected chi connectivity index (χ2v) is 6.53. The Morgan fingerprint density at radius 2 is 1.96 bits per heavy atom. The van der Waals surface area contributed by atoms with E-state index in [1.165, 1.54) is 5.56 Å². The van der Waals surface area contributed by atoms with Gasteiger partial charge in [-0.25, -0.2) is 9.97 Å². The summed E-state index contributed by atoms with van der Waals surface area (Å²) in [5.74, 6) is 0.982. The van der Waals surface area contributed by atoms with Crippen molar-refractivity contribution >= 4 is 28.5 Å². The first-order valence-corrected chi connectivity index (χ1v) is 8.43. The fourth-order valence-electron chi connectivity index (χ4n) is 3.21. The molecule has 124 valence electrons. The first kappa shape index (κ1) is 15.4. The SMILES string of the molecule is Cn1ncc2c(N3CCN(Cc4cccc(Cl)c4)CC3)ncnc21. The minimum Gasteiger partial charge on any atom is -0.353 e. The minimum atomic E-state index is 0.797. The molecular weight excluding hydrogens is 324 g/mol. The van der Waals surface area contributed by atoms with E-state index in [4.69, 9.17) is 11.6 Å². The van der Waals surface area contributed by atoms with Crippen LogP contribution in [0.5, 0.6) is 0 Å². The van der Waals surface area contributed by atoms with Gasteiger partial charge in [-0.05, 0) is 17.7 Å². The summed E-state index contributed by atoms with van der Waals surface area (Å²) in [6.45, 7) is 4.82. The zero-order chi connectivity index (χ0) is 16.5. The molecule has 0 amide bonds. The number of anilines is 1. The molecular formula is C17H19ClN6. The lowest BCUT2D eigenvalue weighted by Gasteiger charge is -2.35. The maximum Gasteiger partial charge on any atom is 0.163 e. The number of hydrogen-bond donors (Lipinski definition) is 0. The maximum atomic E-state index is 6.07. The van der Waals surface area contributed by atoms with E-state index < -0.39 is 0 Å². The van der Waals surface area contributed by atoms with Crippen LogP contribution in [-0.2, 0) is 13.6 Å². The number of aromatic nitrogens is 4. The van der Waals surface area contributed by atoms with E-state index in [-0.39, 0.29) is 0 Å². The highest BCUT2D eigenvalue weighted by Crippen LogP contribution is 2.23. The maximum absolute atomic E-state index is 6.07. The zero-order valence-corrected chi connectivity index (χ0v) is 14.3. The van der Waals surface area contributed by atoms with E-state index in [2.05, 4.69) is 30.9 Å². The third kappa shape index (κ3) is 2.95. The van der Waals surface area contributed by atoms with Gasteiger partial charge in [0, 0.05) is 44.8 Å². The van der Waals surface area contributed by atoms with Gasteiger partial charge in [-0.1, -0.05) is 23.7 Å². The fraction of sp³-hybridized carbons (Fsp3) is 0.353. The van der Waals surface area contributed by atoms with Gasteiger partial charge in [0.2, 0.25) is 0 Å². The molecule has 7 heteroatoms. The molecule has 0 aliphatic carbocycles. The quantitative estimate of drug-likeness (QED) is 0.731. The van der Waals surface area contributed by atoms with E-state index in [1.807, 2.05) is 31.4 Å². The van der Waals surface area contributed by atoms with Gasteiger partial charge in [0.1, 0.15) is 12.1 Å². The molecule has 4 rings (SSSR count). The monoisotopic (exact) mass is 342 g/mol. The van der Waals surface area contributed by atoms with Gasteiger partial charge in [-0.2, -0.15) is 5.10 Å². The number of benzene rings is 1. The largest absolute Gasteiger partial charge is 0.353 e. The van der Waals surface area contributed by atoms with E-state index in [1.54, 1.807) is 11.0 Å². The van der Waals surface area contributed by atoms with Crippen molar-refractivity contribution in [3.05, 3.63) is 47.4 Å². The van der Waals surface area contributed by atoms with Crippen LogP contribution in [0.15, 0.2) is 36.8 Å². The smallest absolute Gasteiger partial charge is 0.163 e. The van der Waals surface area contributed by atoms with E-state index in [0.29, 0.717) is 0 Å². The molecule has 1 fully saturated rings. The second-order valence-electron chi connectivity index (χ2n) is 6.10. The number of fused-ring (bicyclic) bond motifs is 1. The van der Waals surface area contributed by atoms with Crippen molar-refractivity contribution in [3.63, 3.8) is 0 Å².